The van der Waals surface area contributed by atoms with Crippen LogP contribution in [0.3, 0.4) is 0 Å². The van der Waals surface area contributed by atoms with Gasteiger partial charge in [-0.15, -0.1) is 0 Å². The SMILES string of the molecule is CC1CN(C(=O)c2ccn(C)c(=O)c2)CC(C)N1. The highest BCUT2D eigenvalue weighted by molar-refractivity contribution is 5.94. The van der Waals surface area contributed by atoms with Gasteiger partial charge in [-0.05, 0) is 19.9 Å². The second kappa shape index (κ2) is 4.94. The van der Waals surface area contributed by atoms with E-state index in [4.69, 9.17) is 0 Å². The minimum Gasteiger partial charge on any atom is -0.336 e. The second-order valence-corrected chi connectivity index (χ2v) is 5.04. The van der Waals surface area contributed by atoms with Crippen LogP contribution in [-0.2, 0) is 7.05 Å². The summed E-state index contributed by atoms with van der Waals surface area (Å²) in [6.07, 6.45) is 1.63. The molecule has 1 fully saturated rings. The van der Waals surface area contributed by atoms with Gasteiger partial charge in [0, 0.05) is 50.0 Å². The third kappa shape index (κ3) is 2.61. The van der Waals surface area contributed by atoms with Crippen molar-refractivity contribution < 1.29 is 4.79 Å². The molecule has 2 atom stereocenters. The highest BCUT2D eigenvalue weighted by Gasteiger charge is 2.25. The summed E-state index contributed by atoms with van der Waals surface area (Å²) in [5.74, 6) is -0.0621. The summed E-state index contributed by atoms with van der Waals surface area (Å²) in [5.41, 5.74) is 0.316. The van der Waals surface area contributed by atoms with E-state index in [2.05, 4.69) is 19.2 Å². The number of amides is 1. The standard InChI is InChI=1S/C13H19N3O2/c1-9-7-16(8-10(2)14-9)13(18)11-4-5-15(3)12(17)6-11/h4-6,9-10,14H,7-8H2,1-3H3. The summed E-state index contributed by atoms with van der Waals surface area (Å²) in [6.45, 7) is 5.47. The molecule has 0 aromatic carbocycles. The van der Waals surface area contributed by atoms with Gasteiger partial charge in [0.2, 0.25) is 0 Å². The Kier molecular flexibility index (Phi) is 3.52. The Bertz CT molecular complexity index is 499. The van der Waals surface area contributed by atoms with E-state index in [1.54, 1.807) is 24.2 Å². The molecule has 1 aliphatic rings. The van der Waals surface area contributed by atoms with E-state index in [-0.39, 0.29) is 23.6 Å². The Morgan fingerprint density at radius 2 is 1.94 bits per heavy atom. The molecule has 0 radical (unpaired) electrons. The fourth-order valence-electron chi connectivity index (χ4n) is 2.36. The molecule has 18 heavy (non-hydrogen) atoms. The molecule has 0 bridgehead atoms. The molecule has 1 aromatic rings. The molecule has 1 amide bonds. The summed E-state index contributed by atoms with van der Waals surface area (Å²) < 4.78 is 1.46. The van der Waals surface area contributed by atoms with Gasteiger partial charge in [0.1, 0.15) is 0 Å². The monoisotopic (exact) mass is 249 g/mol. The minimum absolute atomic E-state index is 0.0621. The van der Waals surface area contributed by atoms with Crippen LogP contribution in [0.5, 0.6) is 0 Å². The van der Waals surface area contributed by atoms with Crippen molar-refractivity contribution in [3.8, 4) is 0 Å². The first-order chi connectivity index (χ1) is 8.47. The van der Waals surface area contributed by atoms with Crippen LogP contribution in [0.4, 0.5) is 0 Å². The first-order valence-electron chi connectivity index (χ1n) is 6.19. The van der Waals surface area contributed by atoms with E-state index in [1.165, 1.54) is 10.6 Å². The summed E-state index contributed by atoms with van der Waals surface area (Å²) in [5, 5.41) is 3.38. The van der Waals surface area contributed by atoms with Gasteiger partial charge in [-0.3, -0.25) is 9.59 Å². The molecule has 2 rings (SSSR count). The predicted octanol–water partition coefficient (Wildman–Crippen LogP) is 0.208. The first-order valence-corrected chi connectivity index (χ1v) is 6.19. The summed E-state index contributed by atoms with van der Waals surface area (Å²) in [4.78, 5) is 25.6. The van der Waals surface area contributed by atoms with E-state index in [0.717, 1.165) is 0 Å². The molecule has 0 spiro atoms. The molecule has 5 heteroatoms. The maximum Gasteiger partial charge on any atom is 0.254 e. The van der Waals surface area contributed by atoms with Gasteiger partial charge < -0.3 is 14.8 Å². The molecule has 5 nitrogen and oxygen atoms in total. The fraction of sp³-hybridized carbons (Fsp3) is 0.538. The van der Waals surface area contributed by atoms with E-state index < -0.39 is 0 Å². The Balaban J connectivity index is 2.20. The van der Waals surface area contributed by atoms with Gasteiger partial charge in [-0.2, -0.15) is 0 Å². The number of hydrogen-bond acceptors (Lipinski definition) is 3. The van der Waals surface area contributed by atoms with Crippen LogP contribution in [0, 0.1) is 0 Å². The van der Waals surface area contributed by atoms with Crippen LogP contribution in [0.25, 0.3) is 0 Å². The number of aryl methyl sites for hydroxylation is 1. The summed E-state index contributed by atoms with van der Waals surface area (Å²) >= 11 is 0. The Morgan fingerprint density at radius 3 is 2.50 bits per heavy atom. The van der Waals surface area contributed by atoms with Gasteiger partial charge >= 0.3 is 0 Å². The molecule has 0 aliphatic carbocycles. The highest BCUT2D eigenvalue weighted by atomic mass is 16.2. The lowest BCUT2D eigenvalue weighted by Crippen LogP contribution is -2.55. The van der Waals surface area contributed by atoms with Gasteiger partial charge in [-0.1, -0.05) is 0 Å². The van der Waals surface area contributed by atoms with Crippen molar-refractivity contribution in [2.45, 2.75) is 25.9 Å². The van der Waals surface area contributed by atoms with E-state index in [0.29, 0.717) is 18.7 Å². The lowest BCUT2D eigenvalue weighted by atomic mass is 10.1. The lowest BCUT2D eigenvalue weighted by Gasteiger charge is -2.36. The number of rotatable bonds is 1. The normalized spacial score (nSPS) is 24.1. The number of piperazine rings is 1. The molecule has 1 N–H and O–H groups in total. The molecule has 98 valence electrons. The molecular formula is C13H19N3O2. The Morgan fingerprint density at radius 1 is 1.33 bits per heavy atom. The fourth-order valence-corrected chi connectivity index (χ4v) is 2.36. The van der Waals surface area contributed by atoms with Crippen LogP contribution in [-0.4, -0.2) is 40.5 Å². The molecule has 1 aromatic heterocycles. The van der Waals surface area contributed by atoms with Crippen molar-refractivity contribution in [1.29, 1.82) is 0 Å². The van der Waals surface area contributed by atoms with Gasteiger partial charge in [-0.25, -0.2) is 0 Å². The minimum atomic E-state index is -0.155. The summed E-state index contributed by atoms with van der Waals surface area (Å²) in [7, 11) is 1.67. The molecule has 2 unspecified atom stereocenters. The maximum atomic E-state index is 12.3. The lowest BCUT2D eigenvalue weighted by molar-refractivity contribution is 0.0673. The maximum absolute atomic E-state index is 12.3. The first kappa shape index (κ1) is 12.8. The zero-order valence-corrected chi connectivity index (χ0v) is 11.0. The third-order valence-electron chi connectivity index (χ3n) is 3.20. The van der Waals surface area contributed by atoms with Crippen molar-refractivity contribution in [2.24, 2.45) is 7.05 Å². The number of nitrogens with one attached hydrogen (secondary N) is 1. The third-order valence-corrected chi connectivity index (χ3v) is 3.20. The largest absolute Gasteiger partial charge is 0.336 e. The number of hydrogen-bond donors (Lipinski definition) is 1. The number of nitrogens with zero attached hydrogens (tertiary/aromatic N) is 2. The van der Waals surface area contributed by atoms with E-state index >= 15 is 0 Å². The van der Waals surface area contributed by atoms with Gasteiger partial charge in [0.15, 0.2) is 0 Å². The van der Waals surface area contributed by atoms with Crippen molar-refractivity contribution in [3.05, 3.63) is 34.2 Å². The summed E-state index contributed by atoms with van der Waals surface area (Å²) in [6, 6.07) is 3.66. The van der Waals surface area contributed by atoms with Crippen LogP contribution in [0.15, 0.2) is 23.1 Å². The molecule has 1 saturated heterocycles. The zero-order chi connectivity index (χ0) is 13.3. The molecule has 2 heterocycles. The number of carbonyl (C=O) groups excluding carboxylic acids is 1. The molecule has 0 saturated carbocycles. The number of pyridine rings is 1. The topological polar surface area (TPSA) is 54.3 Å². The van der Waals surface area contributed by atoms with E-state index in [1.807, 2.05) is 0 Å². The van der Waals surface area contributed by atoms with Crippen LogP contribution < -0.4 is 10.9 Å². The zero-order valence-electron chi connectivity index (χ0n) is 11.0. The molecular weight excluding hydrogens is 230 g/mol. The predicted molar refractivity (Wildman–Crippen MR) is 69.6 cm³/mol. The smallest absolute Gasteiger partial charge is 0.254 e. The van der Waals surface area contributed by atoms with Crippen molar-refractivity contribution in [3.63, 3.8) is 0 Å². The Labute approximate surface area is 106 Å². The Hall–Kier alpha value is -1.62. The van der Waals surface area contributed by atoms with Crippen LogP contribution in [0.2, 0.25) is 0 Å². The molecule has 1 aliphatic heterocycles. The van der Waals surface area contributed by atoms with Crippen LogP contribution >= 0.6 is 0 Å². The van der Waals surface area contributed by atoms with Gasteiger partial charge in [0.25, 0.3) is 11.5 Å². The second-order valence-electron chi connectivity index (χ2n) is 5.04. The quantitative estimate of drug-likeness (QED) is 0.774. The van der Waals surface area contributed by atoms with Crippen molar-refractivity contribution in [2.75, 3.05) is 13.1 Å². The van der Waals surface area contributed by atoms with Crippen LogP contribution in [0.1, 0.15) is 24.2 Å². The van der Waals surface area contributed by atoms with Crippen molar-refractivity contribution in [1.82, 2.24) is 14.8 Å². The van der Waals surface area contributed by atoms with E-state index in [9.17, 15) is 9.59 Å². The highest BCUT2D eigenvalue weighted by Crippen LogP contribution is 2.09. The average molecular weight is 249 g/mol. The van der Waals surface area contributed by atoms with Gasteiger partial charge in [0.05, 0.1) is 0 Å². The average Bonchev–Trinajstić information content (AvgIpc) is 2.30. The van der Waals surface area contributed by atoms with Crippen molar-refractivity contribution >= 4 is 5.91 Å². The number of carbonyl (C=O) groups is 1. The number of aromatic nitrogens is 1.